The third-order valence-electron chi connectivity index (χ3n) is 2.96. The van der Waals surface area contributed by atoms with Crippen molar-refractivity contribution in [2.24, 2.45) is 5.84 Å². The Balaban J connectivity index is 2.30. The summed E-state index contributed by atoms with van der Waals surface area (Å²) < 4.78 is 43.5. The summed E-state index contributed by atoms with van der Waals surface area (Å²) in [6.45, 7) is 0.559. The van der Waals surface area contributed by atoms with Crippen LogP contribution < -0.4 is 11.3 Å². The minimum Gasteiger partial charge on any atom is -0.496 e. The maximum atomic E-state index is 12.7. The van der Waals surface area contributed by atoms with Crippen molar-refractivity contribution in [3.05, 3.63) is 47.2 Å². The lowest BCUT2D eigenvalue weighted by atomic mass is 10.0. The molecule has 19 heavy (non-hydrogen) atoms. The van der Waals surface area contributed by atoms with Crippen LogP contribution in [0.2, 0.25) is 0 Å². The molecule has 0 fully saturated rings. The predicted octanol–water partition coefficient (Wildman–Crippen LogP) is 2.90. The van der Waals surface area contributed by atoms with Crippen LogP contribution in [-0.2, 0) is 10.9 Å². The van der Waals surface area contributed by atoms with Gasteiger partial charge in [-0.1, -0.05) is 12.1 Å². The molecule has 0 radical (unpaired) electrons. The molecule has 6 heteroatoms. The molecular weight excluding hydrogens is 257 g/mol. The van der Waals surface area contributed by atoms with Crippen LogP contribution in [0.15, 0.2) is 36.1 Å². The molecule has 0 saturated heterocycles. The molecule has 0 saturated carbocycles. The van der Waals surface area contributed by atoms with E-state index in [4.69, 9.17) is 10.6 Å². The summed E-state index contributed by atoms with van der Waals surface area (Å²) in [5.74, 6) is 6.02. The van der Waals surface area contributed by atoms with Crippen molar-refractivity contribution < 1.29 is 17.9 Å². The van der Waals surface area contributed by atoms with Crippen molar-refractivity contribution in [2.45, 2.75) is 25.1 Å². The summed E-state index contributed by atoms with van der Waals surface area (Å²) >= 11 is 0. The van der Waals surface area contributed by atoms with Gasteiger partial charge >= 0.3 is 6.18 Å². The van der Waals surface area contributed by atoms with Crippen LogP contribution in [0.5, 0.6) is 0 Å². The Morgan fingerprint density at radius 3 is 2.68 bits per heavy atom. The van der Waals surface area contributed by atoms with E-state index in [9.17, 15) is 13.2 Å². The predicted molar refractivity (Wildman–Crippen MR) is 64.8 cm³/mol. The fraction of sp³-hybridized carbons (Fsp3) is 0.385. The first-order valence-corrected chi connectivity index (χ1v) is 5.98. The molecule has 3 N–H and O–H groups in total. The smallest absolute Gasteiger partial charge is 0.416 e. The van der Waals surface area contributed by atoms with Crippen LogP contribution in [0.3, 0.4) is 0 Å². The fourth-order valence-corrected chi connectivity index (χ4v) is 2.01. The Labute approximate surface area is 109 Å². The van der Waals surface area contributed by atoms with Gasteiger partial charge in [0.05, 0.1) is 12.2 Å². The maximum Gasteiger partial charge on any atom is 0.416 e. The largest absolute Gasteiger partial charge is 0.496 e. The summed E-state index contributed by atoms with van der Waals surface area (Å²) in [6.07, 6.45) is -0.763. The average Bonchev–Trinajstić information content (AvgIpc) is 2.40. The molecule has 1 aromatic rings. The molecule has 1 unspecified atom stereocenters. The van der Waals surface area contributed by atoms with Crippen LogP contribution in [0.4, 0.5) is 13.2 Å². The summed E-state index contributed by atoms with van der Waals surface area (Å²) in [5, 5.41) is 0. The zero-order chi connectivity index (χ0) is 13.9. The van der Waals surface area contributed by atoms with Gasteiger partial charge in [-0.15, -0.1) is 0 Å². The number of halogens is 3. The van der Waals surface area contributed by atoms with E-state index in [-0.39, 0.29) is 0 Å². The first-order valence-electron chi connectivity index (χ1n) is 5.98. The van der Waals surface area contributed by atoms with Crippen LogP contribution in [0.25, 0.3) is 0 Å². The van der Waals surface area contributed by atoms with Gasteiger partial charge in [-0.05, 0) is 36.6 Å². The van der Waals surface area contributed by atoms with Crippen molar-refractivity contribution in [2.75, 3.05) is 6.61 Å². The van der Waals surface area contributed by atoms with E-state index in [0.717, 1.165) is 25.0 Å². The molecule has 1 heterocycles. The third-order valence-corrected chi connectivity index (χ3v) is 2.96. The topological polar surface area (TPSA) is 47.3 Å². The van der Waals surface area contributed by atoms with E-state index in [1.807, 2.05) is 6.08 Å². The molecular formula is C13H15F3N2O. The monoisotopic (exact) mass is 272 g/mol. The van der Waals surface area contributed by atoms with Gasteiger partial charge in [-0.25, -0.2) is 5.43 Å². The molecule has 1 aromatic carbocycles. The van der Waals surface area contributed by atoms with Gasteiger partial charge in [0, 0.05) is 0 Å². The lowest BCUT2D eigenvalue weighted by molar-refractivity contribution is -0.137. The van der Waals surface area contributed by atoms with E-state index >= 15 is 0 Å². The molecule has 0 amide bonds. The van der Waals surface area contributed by atoms with Crippen molar-refractivity contribution in [3.63, 3.8) is 0 Å². The number of ether oxygens (including phenoxy) is 1. The Morgan fingerprint density at radius 1 is 1.32 bits per heavy atom. The van der Waals surface area contributed by atoms with Gasteiger partial charge in [0.2, 0.25) is 0 Å². The van der Waals surface area contributed by atoms with Gasteiger partial charge in [-0.3, -0.25) is 5.84 Å². The van der Waals surface area contributed by atoms with Gasteiger partial charge in [0.1, 0.15) is 11.8 Å². The van der Waals surface area contributed by atoms with Crippen molar-refractivity contribution in [1.29, 1.82) is 0 Å². The molecule has 0 aliphatic carbocycles. The summed E-state index contributed by atoms with van der Waals surface area (Å²) in [4.78, 5) is 0. The number of benzene rings is 1. The first kappa shape index (κ1) is 13.9. The van der Waals surface area contributed by atoms with Gasteiger partial charge in [0.15, 0.2) is 0 Å². The number of hydrazine groups is 1. The van der Waals surface area contributed by atoms with E-state index in [1.54, 1.807) is 6.07 Å². The minimum atomic E-state index is -4.36. The molecule has 2 rings (SSSR count). The molecule has 3 nitrogen and oxygen atoms in total. The van der Waals surface area contributed by atoms with Crippen molar-refractivity contribution >= 4 is 0 Å². The Bertz CT molecular complexity index is 471. The second kappa shape index (κ2) is 5.63. The number of nitrogens with one attached hydrogen (secondary N) is 1. The van der Waals surface area contributed by atoms with Crippen LogP contribution in [0, 0.1) is 0 Å². The molecule has 0 bridgehead atoms. The van der Waals surface area contributed by atoms with Crippen LogP contribution >= 0.6 is 0 Å². The maximum absolute atomic E-state index is 12.7. The quantitative estimate of drug-likeness (QED) is 0.657. The SMILES string of the molecule is NNC(C1=CCCCO1)c1cccc(C(F)(F)F)c1. The highest BCUT2D eigenvalue weighted by Crippen LogP contribution is 2.32. The number of hydrogen-bond acceptors (Lipinski definition) is 3. The molecule has 0 aromatic heterocycles. The van der Waals surface area contributed by atoms with Crippen LogP contribution in [0.1, 0.15) is 30.0 Å². The minimum absolute atomic E-state index is 0.436. The number of alkyl halides is 3. The van der Waals surface area contributed by atoms with E-state index in [2.05, 4.69) is 5.43 Å². The van der Waals surface area contributed by atoms with E-state index in [0.29, 0.717) is 17.9 Å². The molecule has 0 spiro atoms. The van der Waals surface area contributed by atoms with Gasteiger partial charge in [-0.2, -0.15) is 13.2 Å². The summed E-state index contributed by atoms with van der Waals surface area (Å²) in [6, 6.07) is 4.53. The van der Waals surface area contributed by atoms with Gasteiger partial charge < -0.3 is 4.74 Å². The van der Waals surface area contributed by atoms with Crippen molar-refractivity contribution in [3.8, 4) is 0 Å². The van der Waals surface area contributed by atoms with Gasteiger partial charge in [0.25, 0.3) is 0 Å². The average molecular weight is 272 g/mol. The Morgan fingerprint density at radius 2 is 2.11 bits per heavy atom. The number of allylic oxidation sites excluding steroid dienone is 1. The Hall–Kier alpha value is -1.53. The van der Waals surface area contributed by atoms with E-state index < -0.39 is 17.8 Å². The zero-order valence-corrected chi connectivity index (χ0v) is 10.2. The Kier molecular flexibility index (Phi) is 4.11. The molecule has 1 aliphatic heterocycles. The number of nitrogens with two attached hydrogens (primary N) is 1. The fourth-order valence-electron chi connectivity index (χ4n) is 2.01. The lowest BCUT2D eigenvalue weighted by Crippen LogP contribution is -2.31. The van der Waals surface area contributed by atoms with E-state index in [1.165, 1.54) is 6.07 Å². The summed E-state index contributed by atoms with van der Waals surface area (Å²) in [5.41, 5.74) is 2.25. The normalized spacial score (nSPS) is 17.6. The standard InChI is InChI=1S/C13H15F3N2O/c14-13(15,16)10-5-3-4-9(8-10)12(18-17)11-6-1-2-7-19-11/h3-6,8,12,18H,1-2,7,17H2. The highest BCUT2D eigenvalue weighted by Gasteiger charge is 2.31. The highest BCUT2D eigenvalue weighted by atomic mass is 19.4. The van der Waals surface area contributed by atoms with Crippen molar-refractivity contribution in [1.82, 2.24) is 5.43 Å². The highest BCUT2D eigenvalue weighted by molar-refractivity contribution is 5.31. The first-order chi connectivity index (χ1) is 9.02. The lowest BCUT2D eigenvalue weighted by Gasteiger charge is -2.24. The number of hydrogen-bond donors (Lipinski definition) is 2. The van der Waals surface area contributed by atoms with Crippen LogP contribution in [-0.4, -0.2) is 6.61 Å². The molecule has 104 valence electrons. The molecule has 1 aliphatic rings. The second-order valence-corrected chi connectivity index (χ2v) is 4.32. The zero-order valence-electron chi connectivity index (χ0n) is 10.2. The third kappa shape index (κ3) is 3.27. The summed E-state index contributed by atoms with van der Waals surface area (Å²) in [7, 11) is 0. The number of rotatable bonds is 3. The molecule has 1 atom stereocenters. The second-order valence-electron chi connectivity index (χ2n) is 4.32.